The molecule has 3 aromatic rings. The van der Waals surface area contributed by atoms with Gasteiger partial charge < -0.3 is 9.84 Å². The molecule has 34 heavy (non-hydrogen) atoms. The number of rotatable bonds is 5. The van der Waals surface area contributed by atoms with E-state index in [0.29, 0.717) is 39.9 Å². The SMILES string of the molecule is CCC1CN2CCC1CC2[C@H](O)c1cc(-c2cccc(C(F)(F)F)c2)nc2ccc(OC)cc12. The number of alkyl halides is 3. The van der Waals surface area contributed by atoms with Gasteiger partial charge in [-0.15, -0.1) is 0 Å². The molecule has 7 heteroatoms. The van der Waals surface area contributed by atoms with Gasteiger partial charge in [0.15, 0.2) is 0 Å². The van der Waals surface area contributed by atoms with Crippen LogP contribution >= 0.6 is 0 Å². The average Bonchev–Trinajstić information content (AvgIpc) is 2.87. The summed E-state index contributed by atoms with van der Waals surface area (Å²) >= 11 is 0. The van der Waals surface area contributed by atoms with Crippen LogP contribution in [-0.2, 0) is 6.18 Å². The second kappa shape index (κ2) is 8.86. The van der Waals surface area contributed by atoms with Crippen molar-refractivity contribution in [1.82, 2.24) is 9.88 Å². The van der Waals surface area contributed by atoms with Gasteiger partial charge in [-0.1, -0.05) is 25.5 Å². The van der Waals surface area contributed by atoms with Crippen LogP contribution in [0.2, 0.25) is 0 Å². The van der Waals surface area contributed by atoms with Gasteiger partial charge in [0.05, 0.1) is 30.0 Å². The van der Waals surface area contributed by atoms with E-state index in [1.165, 1.54) is 6.07 Å². The number of fused-ring (bicyclic) bond motifs is 4. The first-order valence-electron chi connectivity index (χ1n) is 11.9. The van der Waals surface area contributed by atoms with Crippen molar-refractivity contribution >= 4 is 10.9 Å². The van der Waals surface area contributed by atoms with E-state index in [0.717, 1.165) is 49.9 Å². The zero-order valence-corrected chi connectivity index (χ0v) is 19.3. The molecule has 4 unspecified atom stereocenters. The van der Waals surface area contributed by atoms with Crippen LogP contribution < -0.4 is 4.74 Å². The van der Waals surface area contributed by atoms with E-state index in [1.54, 1.807) is 31.4 Å². The van der Waals surface area contributed by atoms with E-state index in [1.807, 2.05) is 6.07 Å². The molecule has 3 aliphatic heterocycles. The Kier molecular flexibility index (Phi) is 6.02. The minimum absolute atomic E-state index is 0.0206. The quantitative estimate of drug-likeness (QED) is 0.491. The molecule has 0 saturated carbocycles. The number of aromatic nitrogens is 1. The van der Waals surface area contributed by atoms with Gasteiger partial charge in [0.2, 0.25) is 0 Å². The standard InChI is InChI=1S/C27H29F3N2O2/c1-3-16-15-32-10-9-17(16)12-25(32)26(33)22-14-24(18-5-4-6-19(11-18)27(28,29)30)31-23-8-7-20(34-2)13-21(22)23/h4-8,11,13-14,16-17,25-26,33H,3,9-10,12,15H2,1-2H3/t16?,17?,25?,26-/m1/s1. The molecule has 6 rings (SSSR count). The van der Waals surface area contributed by atoms with Crippen LogP contribution in [0.25, 0.3) is 22.2 Å². The third-order valence-corrected chi connectivity index (χ3v) is 7.68. The molecule has 0 aliphatic carbocycles. The van der Waals surface area contributed by atoms with Crippen LogP contribution in [0.1, 0.15) is 43.4 Å². The smallest absolute Gasteiger partial charge is 0.416 e. The number of pyridine rings is 1. The summed E-state index contributed by atoms with van der Waals surface area (Å²) in [5.41, 5.74) is 1.37. The Morgan fingerprint density at radius 1 is 1.18 bits per heavy atom. The second-order valence-corrected chi connectivity index (χ2v) is 9.52. The Bertz CT molecular complexity index is 1200. The van der Waals surface area contributed by atoms with E-state index in [-0.39, 0.29) is 6.04 Å². The van der Waals surface area contributed by atoms with Gasteiger partial charge in [-0.25, -0.2) is 4.98 Å². The summed E-state index contributed by atoms with van der Waals surface area (Å²) in [6, 6.07) is 12.3. The largest absolute Gasteiger partial charge is 0.497 e. The van der Waals surface area contributed by atoms with Gasteiger partial charge in [0, 0.05) is 23.5 Å². The predicted octanol–water partition coefficient (Wildman–Crippen LogP) is 6.08. The Hall–Kier alpha value is -2.64. The minimum atomic E-state index is -4.44. The average molecular weight is 471 g/mol. The first kappa shape index (κ1) is 23.1. The molecule has 3 saturated heterocycles. The van der Waals surface area contributed by atoms with Crippen molar-refractivity contribution in [3.63, 3.8) is 0 Å². The highest BCUT2D eigenvalue weighted by molar-refractivity contribution is 5.87. The molecule has 0 spiro atoms. The highest BCUT2D eigenvalue weighted by Crippen LogP contribution is 2.43. The number of hydrogen-bond acceptors (Lipinski definition) is 4. The number of methoxy groups -OCH3 is 1. The predicted molar refractivity (Wildman–Crippen MR) is 126 cm³/mol. The fourth-order valence-electron chi connectivity index (χ4n) is 5.78. The molecule has 2 bridgehead atoms. The summed E-state index contributed by atoms with van der Waals surface area (Å²) in [5.74, 6) is 1.90. The number of ether oxygens (including phenoxy) is 1. The highest BCUT2D eigenvalue weighted by Gasteiger charge is 2.42. The van der Waals surface area contributed by atoms with Crippen LogP contribution in [0, 0.1) is 11.8 Å². The molecule has 1 N–H and O–H groups in total. The fraction of sp³-hybridized carbons (Fsp3) is 0.444. The number of piperidine rings is 3. The summed E-state index contributed by atoms with van der Waals surface area (Å²) < 4.78 is 45.4. The Labute approximate surface area is 197 Å². The maximum atomic E-state index is 13.3. The van der Waals surface area contributed by atoms with Crippen LogP contribution in [0.3, 0.4) is 0 Å². The Morgan fingerprint density at radius 3 is 2.68 bits per heavy atom. The molecular formula is C27H29F3N2O2. The van der Waals surface area contributed by atoms with Crippen molar-refractivity contribution in [3.8, 4) is 17.0 Å². The van der Waals surface area contributed by atoms with Crippen molar-refractivity contribution in [1.29, 1.82) is 0 Å². The Balaban J connectivity index is 1.60. The van der Waals surface area contributed by atoms with Crippen molar-refractivity contribution in [3.05, 3.63) is 59.7 Å². The van der Waals surface area contributed by atoms with E-state index < -0.39 is 17.8 Å². The minimum Gasteiger partial charge on any atom is -0.497 e. The number of benzene rings is 2. The lowest BCUT2D eigenvalue weighted by atomic mass is 9.72. The molecule has 4 heterocycles. The van der Waals surface area contributed by atoms with Crippen molar-refractivity contribution in [2.75, 3.05) is 20.2 Å². The van der Waals surface area contributed by atoms with E-state index in [2.05, 4.69) is 16.8 Å². The molecule has 3 aliphatic rings. The lowest BCUT2D eigenvalue weighted by Crippen LogP contribution is -2.55. The molecule has 0 amide bonds. The number of hydrogen-bond donors (Lipinski definition) is 1. The van der Waals surface area contributed by atoms with Gasteiger partial charge in [-0.05, 0) is 73.2 Å². The first-order valence-corrected chi connectivity index (χ1v) is 11.9. The molecule has 4 nitrogen and oxygen atoms in total. The van der Waals surface area contributed by atoms with E-state index >= 15 is 0 Å². The van der Waals surface area contributed by atoms with Gasteiger partial charge in [0.1, 0.15) is 5.75 Å². The number of halogens is 3. The first-order chi connectivity index (χ1) is 16.3. The monoisotopic (exact) mass is 470 g/mol. The molecule has 3 fully saturated rings. The van der Waals surface area contributed by atoms with Gasteiger partial charge in [0.25, 0.3) is 0 Å². The van der Waals surface area contributed by atoms with Crippen LogP contribution in [0.4, 0.5) is 13.2 Å². The highest BCUT2D eigenvalue weighted by atomic mass is 19.4. The maximum Gasteiger partial charge on any atom is 0.416 e. The van der Waals surface area contributed by atoms with Gasteiger partial charge >= 0.3 is 6.18 Å². The topological polar surface area (TPSA) is 45.6 Å². The third kappa shape index (κ3) is 4.16. The van der Waals surface area contributed by atoms with Crippen LogP contribution in [-0.4, -0.2) is 41.2 Å². The summed E-state index contributed by atoms with van der Waals surface area (Å²) in [4.78, 5) is 7.04. The molecule has 1 aromatic heterocycles. The van der Waals surface area contributed by atoms with E-state index in [4.69, 9.17) is 4.74 Å². The zero-order valence-electron chi connectivity index (χ0n) is 19.3. The fourth-order valence-corrected chi connectivity index (χ4v) is 5.78. The third-order valence-electron chi connectivity index (χ3n) is 7.68. The van der Waals surface area contributed by atoms with Gasteiger partial charge in [-0.2, -0.15) is 13.2 Å². The number of nitrogens with zero attached hydrogens (tertiary/aromatic N) is 2. The normalized spacial score (nSPS) is 25.5. The van der Waals surface area contributed by atoms with Crippen molar-refractivity contribution in [2.45, 2.75) is 44.5 Å². The van der Waals surface area contributed by atoms with E-state index in [9.17, 15) is 18.3 Å². The number of aliphatic hydroxyl groups is 1. The Morgan fingerprint density at radius 2 is 2.00 bits per heavy atom. The lowest BCUT2D eigenvalue weighted by molar-refractivity contribution is -0.137. The summed E-state index contributed by atoms with van der Waals surface area (Å²) in [7, 11) is 1.58. The summed E-state index contributed by atoms with van der Waals surface area (Å²) in [6.07, 6.45) is -2.00. The molecular weight excluding hydrogens is 441 g/mol. The van der Waals surface area contributed by atoms with Crippen molar-refractivity contribution in [2.24, 2.45) is 11.8 Å². The second-order valence-electron chi connectivity index (χ2n) is 9.52. The van der Waals surface area contributed by atoms with Gasteiger partial charge in [-0.3, -0.25) is 4.90 Å². The molecule has 5 atom stereocenters. The summed E-state index contributed by atoms with van der Waals surface area (Å²) in [6.45, 7) is 4.17. The van der Waals surface area contributed by atoms with Crippen LogP contribution in [0.15, 0.2) is 48.5 Å². The molecule has 180 valence electrons. The molecule has 0 radical (unpaired) electrons. The zero-order chi connectivity index (χ0) is 24.0. The lowest BCUT2D eigenvalue weighted by Gasteiger charge is -2.51. The van der Waals surface area contributed by atoms with Crippen molar-refractivity contribution < 1.29 is 23.0 Å². The summed E-state index contributed by atoms with van der Waals surface area (Å²) in [5, 5.41) is 12.4. The number of aliphatic hydroxyl groups excluding tert-OH is 1. The molecule has 2 aromatic carbocycles. The van der Waals surface area contributed by atoms with Crippen LogP contribution in [0.5, 0.6) is 5.75 Å². The maximum absolute atomic E-state index is 13.3.